The molecule has 2 aliphatic rings. The van der Waals surface area contributed by atoms with Gasteiger partial charge in [0.2, 0.25) is 0 Å². The van der Waals surface area contributed by atoms with Gasteiger partial charge in [0.15, 0.2) is 0 Å². The van der Waals surface area contributed by atoms with Gasteiger partial charge in [0.05, 0.1) is 5.56 Å². The second kappa shape index (κ2) is 7.21. The first-order valence-electron chi connectivity index (χ1n) is 9.94. The van der Waals surface area contributed by atoms with Crippen LogP contribution in [0, 0.1) is 0 Å². The summed E-state index contributed by atoms with van der Waals surface area (Å²) in [5.41, 5.74) is 5.55. The molecule has 3 aromatic carbocycles. The number of ether oxygens (including phenoxy) is 1. The van der Waals surface area contributed by atoms with Crippen molar-refractivity contribution in [3.63, 3.8) is 0 Å². The molecule has 2 aliphatic heterocycles. The number of fused-ring (bicyclic) bond motifs is 2. The highest BCUT2D eigenvalue weighted by molar-refractivity contribution is 5.98. The Morgan fingerprint density at radius 2 is 1.66 bits per heavy atom. The molecule has 0 saturated heterocycles. The Morgan fingerprint density at radius 3 is 2.48 bits per heavy atom. The number of esters is 1. The molecule has 0 aromatic heterocycles. The first-order valence-corrected chi connectivity index (χ1v) is 9.94. The van der Waals surface area contributed by atoms with E-state index in [9.17, 15) is 9.59 Å². The molecule has 4 nitrogen and oxygen atoms in total. The van der Waals surface area contributed by atoms with Gasteiger partial charge < -0.3 is 9.64 Å². The Bertz CT molecular complexity index is 1090. The fourth-order valence-corrected chi connectivity index (χ4v) is 4.23. The zero-order chi connectivity index (χ0) is 19.8. The maximum atomic E-state index is 13.1. The summed E-state index contributed by atoms with van der Waals surface area (Å²) in [6, 6.07) is 23.3. The highest BCUT2D eigenvalue weighted by Crippen LogP contribution is 2.31. The van der Waals surface area contributed by atoms with Crippen molar-refractivity contribution in [2.75, 3.05) is 6.54 Å². The molecule has 0 bridgehead atoms. The molecule has 144 valence electrons. The molecule has 0 aliphatic carbocycles. The lowest BCUT2D eigenvalue weighted by molar-refractivity contribution is 0.0252. The SMILES string of the molecule is O=C1OC(c2ccccc2)Cc2cc(C(=O)N3CCc4ccccc4C3)ccc21. The topological polar surface area (TPSA) is 46.6 Å². The fraction of sp³-hybridized carbons (Fsp3) is 0.200. The van der Waals surface area contributed by atoms with E-state index in [1.54, 1.807) is 12.1 Å². The zero-order valence-corrected chi connectivity index (χ0v) is 16.0. The lowest BCUT2D eigenvalue weighted by Gasteiger charge is -2.30. The van der Waals surface area contributed by atoms with Crippen LogP contribution in [0.25, 0.3) is 0 Å². The number of carbonyl (C=O) groups excluding carboxylic acids is 2. The van der Waals surface area contributed by atoms with Gasteiger partial charge in [0.25, 0.3) is 5.91 Å². The van der Waals surface area contributed by atoms with Crippen LogP contribution >= 0.6 is 0 Å². The minimum Gasteiger partial charge on any atom is -0.454 e. The van der Waals surface area contributed by atoms with Gasteiger partial charge >= 0.3 is 5.97 Å². The molecule has 4 heteroatoms. The quantitative estimate of drug-likeness (QED) is 0.619. The molecule has 2 heterocycles. The van der Waals surface area contributed by atoms with Crippen LogP contribution in [0.3, 0.4) is 0 Å². The Morgan fingerprint density at radius 1 is 0.897 bits per heavy atom. The smallest absolute Gasteiger partial charge is 0.339 e. The van der Waals surface area contributed by atoms with Crippen LogP contribution in [0.1, 0.15) is 49.1 Å². The molecule has 1 amide bonds. The summed E-state index contributed by atoms with van der Waals surface area (Å²) < 4.78 is 5.62. The maximum absolute atomic E-state index is 13.1. The third-order valence-corrected chi connectivity index (χ3v) is 5.82. The van der Waals surface area contributed by atoms with E-state index >= 15 is 0 Å². The first kappa shape index (κ1) is 17.7. The summed E-state index contributed by atoms with van der Waals surface area (Å²) in [5.74, 6) is -0.316. The standard InChI is InChI=1S/C25H21NO3/c27-24(26-13-12-17-6-4-5-9-20(17)16-26)19-10-11-22-21(14-19)15-23(29-25(22)28)18-7-2-1-3-8-18/h1-11,14,23H,12-13,15-16H2. The van der Waals surface area contributed by atoms with Crippen LogP contribution in [0.15, 0.2) is 72.8 Å². The molecular weight excluding hydrogens is 362 g/mol. The van der Waals surface area contributed by atoms with Gasteiger partial charge in [-0.25, -0.2) is 4.79 Å². The van der Waals surface area contributed by atoms with Gasteiger partial charge in [-0.3, -0.25) is 4.79 Å². The minimum absolute atomic E-state index is 0.0116. The predicted octanol–water partition coefficient (Wildman–Crippen LogP) is 4.34. The monoisotopic (exact) mass is 383 g/mol. The van der Waals surface area contributed by atoms with Crippen LogP contribution in [0.2, 0.25) is 0 Å². The van der Waals surface area contributed by atoms with Crippen LogP contribution in [-0.4, -0.2) is 23.3 Å². The van der Waals surface area contributed by atoms with Gasteiger partial charge in [0.1, 0.15) is 6.10 Å². The van der Waals surface area contributed by atoms with E-state index < -0.39 is 0 Å². The number of hydrogen-bond acceptors (Lipinski definition) is 3. The average Bonchev–Trinajstić information content (AvgIpc) is 2.78. The van der Waals surface area contributed by atoms with Gasteiger partial charge in [-0.2, -0.15) is 0 Å². The summed E-state index contributed by atoms with van der Waals surface area (Å²) >= 11 is 0. The lowest BCUT2D eigenvalue weighted by atomic mass is 9.92. The van der Waals surface area contributed by atoms with E-state index in [0.29, 0.717) is 30.6 Å². The number of cyclic esters (lactones) is 1. The third-order valence-electron chi connectivity index (χ3n) is 5.82. The van der Waals surface area contributed by atoms with Crippen molar-refractivity contribution in [1.82, 2.24) is 4.90 Å². The number of nitrogens with zero attached hydrogens (tertiary/aromatic N) is 1. The van der Waals surface area contributed by atoms with Gasteiger partial charge in [-0.15, -0.1) is 0 Å². The van der Waals surface area contributed by atoms with Crippen molar-refractivity contribution >= 4 is 11.9 Å². The molecule has 0 N–H and O–H groups in total. The van der Waals surface area contributed by atoms with Gasteiger partial charge in [0, 0.05) is 25.1 Å². The number of carbonyl (C=O) groups is 2. The third kappa shape index (κ3) is 3.31. The highest BCUT2D eigenvalue weighted by Gasteiger charge is 2.29. The van der Waals surface area contributed by atoms with Crippen LogP contribution in [0.4, 0.5) is 0 Å². The van der Waals surface area contributed by atoms with Gasteiger partial charge in [-0.1, -0.05) is 54.6 Å². The molecule has 5 rings (SSSR count). The van der Waals surface area contributed by atoms with E-state index in [-0.39, 0.29) is 18.0 Å². The van der Waals surface area contributed by atoms with Crippen LogP contribution < -0.4 is 0 Å². The molecular formula is C25H21NO3. The molecule has 0 radical (unpaired) electrons. The zero-order valence-electron chi connectivity index (χ0n) is 16.0. The summed E-state index contributed by atoms with van der Waals surface area (Å²) in [5, 5.41) is 0. The van der Waals surface area contributed by atoms with Crippen molar-refractivity contribution in [3.8, 4) is 0 Å². The molecule has 1 unspecified atom stereocenters. The van der Waals surface area contributed by atoms with Crippen molar-refractivity contribution in [2.24, 2.45) is 0 Å². The Balaban J connectivity index is 1.41. The van der Waals surface area contributed by atoms with E-state index in [4.69, 9.17) is 4.74 Å². The van der Waals surface area contributed by atoms with Crippen molar-refractivity contribution in [3.05, 3.63) is 106 Å². The fourth-order valence-electron chi connectivity index (χ4n) is 4.23. The van der Waals surface area contributed by atoms with Crippen LogP contribution in [0.5, 0.6) is 0 Å². The normalized spacial score (nSPS) is 17.9. The molecule has 3 aromatic rings. The van der Waals surface area contributed by atoms with E-state index in [0.717, 1.165) is 17.5 Å². The van der Waals surface area contributed by atoms with Crippen molar-refractivity contribution in [2.45, 2.75) is 25.5 Å². The lowest BCUT2D eigenvalue weighted by Crippen LogP contribution is -2.36. The van der Waals surface area contributed by atoms with Crippen molar-refractivity contribution < 1.29 is 14.3 Å². The largest absolute Gasteiger partial charge is 0.454 e. The average molecular weight is 383 g/mol. The summed E-state index contributed by atoms with van der Waals surface area (Å²) in [4.78, 5) is 27.5. The number of benzene rings is 3. The Hall–Kier alpha value is -3.40. The summed E-state index contributed by atoms with van der Waals surface area (Å²) in [6.45, 7) is 1.34. The van der Waals surface area contributed by atoms with Crippen molar-refractivity contribution in [1.29, 1.82) is 0 Å². The molecule has 0 saturated carbocycles. The highest BCUT2D eigenvalue weighted by atomic mass is 16.5. The van der Waals surface area contributed by atoms with E-state index in [1.165, 1.54) is 11.1 Å². The molecule has 1 atom stereocenters. The summed E-state index contributed by atoms with van der Waals surface area (Å²) in [6.07, 6.45) is 1.13. The minimum atomic E-state index is -0.328. The Kier molecular flexibility index (Phi) is 4.39. The molecule has 29 heavy (non-hydrogen) atoms. The predicted molar refractivity (Wildman–Crippen MR) is 110 cm³/mol. The Labute approximate surface area is 169 Å². The van der Waals surface area contributed by atoms with Gasteiger partial charge in [-0.05, 0) is 46.9 Å². The number of amides is 1. The van der Waals surface area contributed by atoms with Crippen LogP contribution in [-0.2, 0) is 24.1 Å². The van der Waals surface area contributed by atoms with E-state index in [1.807, 2.05) is 53.4 Å². The van der Waals surface area contributed by atoms with E-state index in [2.05, 4.69) is 12.1 Å². The number of hydrogen-bond donors (Lipinski definition) is 0. The second-order valence-corrected chi connectivity index (χ2v) is 7.63. The molecule has 0 fully saturated rings. The second-order valence-electron chi connectivity index (χ2n) is 7.63. The first-order chi connectivity index (χ1) is 14.2. The molecule has 0 spiro atoms. The maximum Gasteiger partial charge on any atom is 0.339 e. The number of rotatable bonds is 2. The summed E-state index contributed by atoms with van der Waals surface area (Å²) in [7, 11) is 0.